The second-order valence-corrected chi connectivity index (χ2v) is 11.1. The molecular formula is C29H34ClN5O5. The quantitative estimate of drug-likeness (QED) is 0.488. The predicted octanol–water partition coefficient (Wildman–Crippen LogP) is 3.62. The number of fused-ring (bicyclic) bond motifs is 1. The van der Waals surface area contributed by atoms with Crippen molar-refractivity contribution in [3.63, 3.8) is 0 Å². The standard InChI is InChI=1S/C29H34ClN5O5/c1-31(2)24-11-7-22(8-12-24)26(36)33-17-18-34-25(19-33)27(37)35(28(34)38)40-29(39)32-15-13-21(14-16-32)4-3-20-5-9-23(30)10-6-20/h5-12,21,37H,3-4,13-19H2,1-2H3. The topological polar surface area (TPSA) is 100 Å². The molecule has 0 spiro atoms. The Hall–Kier alpha value is -3.92. The molecule has 1 saturated heterocycles. The third-order valence-electron chi connectivity index (χ3n) is 7.83. The number of amides is 2. The molecule has 0 radical (unpaired) electrons. The van der Waals surface area contributed by atoms with Crippen LogP contribution in [-0.4, -0.2) is 69.9 Å². The molecule has 3 heterocycles. The van der Waals surface area contributed by atoms with Crippen LogP contribution in [0.25, 0.3) is 0 Å². The van der Waals surface area contributed by atoms with E-state index in [9.17, 15) is 19.5 Å². The number of carbonyl (C=O) groups is 2. The number of halogens is 1. The summed E-state index contributed by atoms with van der Waals surface area (Å²) in [4.78, 5) is 49.3. The number of benzene rings is 2. The van der Waals surface area contributed by atoms with Crippen LogP contribution in [0.3, 0.4) is 0 Å². The molecule has 2 amide bonds. The summed E-state index contributed by atoms with van der Waals surface area (Å²) in [6.07, 6.45) is 2.97. The van der Waals surface area contributed by atoms with Gasteiger partial charge < -0.3 is 24.6 Å². The Bertz CT molecular complexity index is 1420. The van der Waals surface area contributed by atoms with Crippen LogP contribution in [0.5, 0.6) is 5.88 Å². The van der Waals surface area contributed by atoms with E-state index in [4.69, 9.17) is 16.4 Å². The molecule has 2 aliphatic heterocycles. The van der Waals surface area contributed by atoms with Crippen molar-refractivity contribution in [2.75, 3.05) is 38.6 Å². The highest BCUT2D eigenvalue weighted by Crippen LogP contribution is 2.25. The van der Waals surface area contributed by atoms with Crippen molar-refractivity contribution >= 4 is 29.3 Å². The molecule has 1 aromatic heterocycles. The first-order valence-electron chi connectivity index (χ1n) is 13.5. The average molecular weight is 568 g/mol. The molecule has 2 aromatic carbocycles. The summed E-state index contributed by atoms with van der Waals surface area (Å²) >= 11 is 5.96. The number of hydrogen-bond donors (Lipinski definition) is 1. The second kappa shape index (κ2) is 11.7. The lowest BCUT2D eigenvalue weighted by molar-refractivity contribution is 0.0672. The lowest BCUT2D eigenvalue weighted by Crippen LogP contribution is -2.45. The molecule has 10 nitrogen and oxygen atoms in total. The summed E-state index contributed by atoms with van der Waals surface area (Å²) in [6.45, 7) is 1.54. The summed E-state index contributed by atoms with van der Waals surface area (Å²) < 4.78 is 1.99. The fourth-order valence-corrected chi connectivity index (χ4v) is 5.45. The molecule has 1 N–H and O–H groups in total. The highest BCUT2D eigenvalue weighted by Gasteiger charge is 2.32. The molecule has 11 heteroatoms. The summed E-state index contributed by atoms with van der Waals surface area (Å²) in [5.74, 6) is -0.177. The first-order chi connectivity index (χ1) is 19.2. The van der Waals surface area contributed by atoms with Crippen molar-refractivity contribution in [2.45, 2.75) is 38.8 Å². The van der Waals surface area contributed by atoms with Crippen LogP contribution >= 0.6 is 11.6 Å². The lowest BCUT2D eigenvalue weighted by Gasteiger charge is -2.31. The van der Waals surface area contributed by atoms with Gasteiger partial charge in [-0.3, -0.25) is 9.36 Å². The van der Waals surface area contributed by atoms with E-state index >= 15 is 0 Å². The zero-order valence-corrected chi connectivity index (χ0v) is 23.5. The largest absolute Gasteiger partial charge is 0.491 e. The highest BCUT2D eigenvalue weighted by molar-refractivity contribution is 6.30. The maximum atomic E-state index is 13.1. The fourth-order valence-electron chi connectivity index (χ4n) is 5.32. The molecule has 0 saturated carbocycles. The van der Waals surface area contributed by atoms with Gasteiger partial charge >= 0.3 is 11.8 Å². The highest BCUT2D eigenvalue weighted by atomic mass is 35.5. The Balaban J connectivity index is 1.18. The predicted molar refractivity (Wildman–Crippen MR) is 152 cm³/mol. The first kappa shape index (κ1) is 27.6. The van der Waals surface area contributed by atoms with Crippen molar-refractivity contribution < 1.29 is 19.5 Å². The lowest BCUT2D eigenvalue weighted by atomic mass is 9.91. The van der Waals surface area contributed by atoms with Crippen LogP contribution < -0.4 is 15.4 Å². The SMILES string of the molecule is CN(C)c1ccc(C(=O)N2CCn3c(c(O)n(OC(=O)N4CCC(CCc5ccc(Cl)cc5)CC4)c3=O)C2)cc1. The van der Waals surface area contributed by atoms with Crippen LogP contribution in [0.4, 0.5) is 10.5 Å². The monoisotopic (exact) mass is 567 g/mol. The Morgan fingerprint density at radius 2 is 1.65 bits per heavy atom. The minimum atomic E-state index is -0.676. The van der Waals surface area contributed by atoms with Crippen molar-refractivity contribution in [1.82, 2.24) is 19.1 Å². The maximum Gasteiger partial charge on any atom is 0.434 e. The van der Waals surface area contributed by atoms with E-state index in [0.717, 1.165) is 36.4 Å². The van der Waals surface area contributed by atoms with Gasteiger partial charge in [0.1, 0.15) is 5.69 Å². The van der Waals surface area contributed by atoms with Gasteiger partial charge in [-0.15, -0.1) is 0 Å². The van der Waals surface area contributed by atoms with Gasteiger partial charge in [0.15, 0.2) is 0 Å². The molecule has 0 bridgehead atoms. The number of rotatable bonds is 6. The zero-order valence-electron chi connectivity index (χ0n) is 22.8. The number of hydrogen-bond acceptors (Lipinski definition) is 6. The van der Waals surface area contributed by atoms with Gasteiger partial charge in [0.2, 0.25) is 0 Å². The first-order valence-corrected chi connectivity index (χ1v) is 13.9. The van der Waals surface area contributed by atoms with Crippen molar-refractivity contribution in [2.24, 2.45) is 5.92 Å². The molecule has 5 rings (SSSR count). The number of likely N-dealkylation sites (tertiary alicyclic amines) is 1. The van der Waals surface area contributed by atoms with E-state index in [0.29, 0.717) is 35.8 Å². The molecule has 40 heavy (non-hydrogen) atoms. The van der Waals surface area contributed by atoms with Gasteiger partial charge in [0.25, 0.3) is 11.8 Å². The third kappa shape index (κ3) is 5.82. The number of piperidine rings is 1. The zero-order chi connectivity index (χ0) is 28.4. The molecule has 0 atom stereocenters. The molecule has 212 valence electrons. The van der Waals surface area contributed by atoms with Crippen LogP contribution in [0.2, 0.25) is 5.02 Å². The van der Waals surface area contributed by atoms with Gasteiger partial charge in [-0.1, -0.05) is 28.5 Å². The normalized spacial score (nSPS) is 15.6. The number of carbonyl (C=O) groups excluding carboxylic acids is 2. The van der Waals surface area contributed by atoms with Crippen LogP contribution in [0, 0.1) is 5.92 Å². The fraction of sp³-hybridized carbons (Fsp3) is 0.414. The van der Waals surface area contributed by atoms with Gasteiger partial charge in [0.05, 0.1) is 6.54 Å². The average Bonchev–Trinajstić information content (AvgIpc) is 3.21. The molecule has 2 aliphatic rings. The minimum Gasteiger partial charge on any atom is -0.491 e. The van der Waals surface area contributed by atoms with Gasteiger partial charge in [-0.25, -0.2) is 9.59 Å². The summed E-state index contributed by atoms with van der Waals surface area (Å²) in [7, 11) is 3.85. The van der Waals surface area contributed by atoms with Gasteiger partial charge in [-0.05, 0) is 73.6 Å². The molecule has 1 fully saturated rings. The molecule has 0 aliphatic carbocycles. The van der Waals surface area contributed by atoms with E-state index in [1.807, 2.05) is 55.4 Å². The Morgan fingerprint density at radius 3 is 2.30 bits per heavy atom. The molecular weight excluding hydrogens is 534 g/mol. The number of aromatic nitrogens is 2. The maximum absolute atomic E-state index is 13.1. The number of aryl methyl sites for hydroxylation is 1. The van der Waals surface area contributed by atoms with Crippen LogP contribution in [-0.2, 0) is 19.5 Å². The number of imidazole rings is 1. The smallest absolute Gasteiger partial charge is 0.434 e. The van der Waals surface area contributed by atoms with Crippen molar-refractivity contribution in [1.29, 1.82) is 0 Å². The Labute approximate surface area is 237 Å². The molecule has 3 aromatic rings. The van der Waals surface area contributed by atoms with E-state index in [2.05, 4.69) is 0 Å². The van der Waals surface area contributed by atoms with Crippen molar-refractivity contribution in [3.05, 3.63) is 80.9 Å². The van der Waals surface area contributed by atoms with Crippen molar-refractivity contribution in [3.8, 4) is 5.88 Å². The van der Waals surface area contributed by atoms with Gasteiger partial charge in [0, 0.05) is 56.5 Å². The van der Waals surface area contributed by atoms with E-state index in [1.165, 1.54) is 10.1 Å². The van der Waals surface area contributed by atoms with Gasteiger partial charge in [-0.2, -0.15) is 0 Å². The second-order valence-electron chi connectivity index (χ2n) is 10.6. The third-order valence-corrected chi connectivity index (χ3v) is 8.08. The van der Waals surface area contributed by atoms with Crippen LogP contribution in [0.1, 0.15) is 40.9 Å². The van der Waals surface area contributed by atoms with E-state index in [-0.39, 0.29) is 24.7 Å². The summed E-state index contributed by atoms with van der Waals surface area (Å²) in [5.41, 5.74) is 2.33. The summed E-state index contributed by atoms with van der Waals surface area (Å²) in [5, 5.41) is 11.5. The van der Waals surface area contributed by atoms with Crippen LogP contribution in [0.15, 0.2) is 53.3 Å². The summed E-state index contributed by atoms with van der Waals surface area (Å²) in [6, 6.07) is 15.1. The molecule has 0 unspecified atom stereocenters. The minimum absolute atomic E-state index is 0.0267. The number of anilines is 1. The Morgan fingerprint density at radius 1 is 0.975 bits per heavy atom. The number of nitrogens with zero attached hydrogens (tertiary/aromatic N) is 5. The Kier molecular flexibility index (Phi) is 8.07. The number of aromatic hydroxyl groups is 1. The van der Waals surface area contributed by atoms with E-state index in [1.54, 1.807) is 21.9 Å². The van der Waals surface area contributed by atoms with E-state index < -0.39 is 17.7 Å².